The highest BCUT2D eigenvalue weighted by Gasteiger charge is 2.25. The number of halogens is 1. The first-order valence-corrected chi connectivity index (χ1v) is 10.9. The van der Waals surface area contributed by atoms with Crippen molar-refractivity contribution in [3.63, 3.8) is 0 Å². The van der Waals surface area contributed by atoms with Gasteiger partial charge in [-0.2, -0.15) is 0 Å². The molecule has 5 nitrogen and oxygen atoms in total. The summed E-state index contributed by atoms with van der Waals surface area (Å²) in [6.07, 6.45) is 1.85. The van der Waals surface area contributed by atoms with E-state index in [0.717, 1.165) is 28.6 Å². The number of hydrogen-bond donors (Lipinski definition) is 1. The predicted octanol–water partition coefficient (Wildman–Crippen LogP) is 3.94. The normalized spacial score (nSPS) is 15.2. The van der Waals surface area contributed by atoms with Crippen LogP contribution in [0.2, 0.25) is 0 Å². The Kier molecular flexibility index (Phi) is 5.79. The van der Waals surface area contributed by atoms with Gasteiger partial charge in [-0.3, -0.25) is 4.79 Å². The maximum Gasteiger partial charge on any atom is 0.255 e. The van der Waals surface area contributed by atoms with Crippen LogP contribution < -0.4 is 5.32 Å². The summed E-state index contributed by atoms with van der Waals surface area (Å²) in [4.78, 5) is 12.4. The van der Waals surface area contributed by atoms with Gasteiger partial charge in [-0.25, -0.2) is 12.7 Å². The lowest BCUT2D eigenvalue weighted by atomic mass is 10.1. The molecule has 0 spiro atoms. The quantitative estimate of drug-likeness (QED) is 0.771. The average molecular weight is 437 g/mol. The van der Waals surface area contributed by atoms with Crippen molar-refractivity contribution < 1.29 is 13.2 Å². The Morgan fingerprint density at radius 3 is 2.38 bits per heavy atom. The third-order valence-electron chi connectivity index (χ3n) is 4.44. The molecular weight excluding hydrogens is 416 g/mol. The minimum absolute atomic E-state index is 0.0270. The summed E-state index contributed by atoms with van der Waals surface area (Å²) in [6.45, 7) is 3.17. The van der Waals surface area contributed by atoms with E-state index in [1.54, 1.807) is 28.6 Å². The molecule has 0 saturated carbocycles. The van der Waals surface area contributed by atoms with E-state index in [1.807, 2.05) is 25.1 Å². The largest absolute Gasteiger partial charge is 0.322 e. The van der Waals surface area contributed by atoms with Crippen LogP contribution in [-0.4, -0.2) is 31.7 Å². The summed E-state index contributed by atoms with van der Waals surface area (Å²) in [5.41, 5.74) is 2.93. The molecule has 2 aromatic rings. The number of anilines is 1. The first-order chi connectivity index (χ1) is 12.3. The van der Waals surface area contributed by atoms with E-state index < -0.39 is 10.0 Å². The number of carbonyl (C=O) groups excluding carboxylic acids is 1. The molecule has 0 atom stereocenters. The zero-order valence-corrected chi connectivity index (χ0v) is 16.9. The van der Waals surface area contributed by atoms with Crippen LogP contribution in [0.5, 0.6) is 0 Å². The highest BCUT2D eigenvalue weighted by Crippen LogP contribution is 2.21. The van der Waals surface area contributed by atoms with Crippen molar-refractivity contribution in [3.8, 4) is 0 Å². The van der Waals surface area contributed by atoms with Crippen molar-refractivity contribution in [3.05, 3.63) is 63.6 Å². The Balaban J connectivity index is 1.66. The van der Waals surface area contributed by atoms with Gasteiger partial charge in [-0.15, -0.1) is 0 Å². The van der Waals surface area contributed by atoms with Crippen LogP contribution in [0.3, 0.4) is 0 Å². The molecule has 1 amide bonds. The van der Waals surface area contributed by atoms with Crippen molar-refractivity contribution in [1.82, 2.24) is 4.31 Å². The molecule has 1 aliphatic rings. The molecule has 0 radical (unpaired) electrons. The first-order valence-electron chi connectivity index (χ1n) is 8.49. The number of rotatable bonds is 5. The zero-order valence-electron chi connectivity index (χ0n) is 14.5. The smallest absolute Gasteiger partial charge is 0.255 e. The molecule has 1 saturated heterocycles. The molecule has 0 bridgehead atoms. The van der Waals surface area contributed by atoms with Gasteiger partial charge in [0.25, 0.3) is 5.91 Å². The molecule has 1 N–H and O–H groups in total. The Morgan fingerprint density at radius 1 is 1.12 bits per heavy atom. The van der Waals surface area contributed by atoms with Crippen molar-refractivity contribution >= 4 is 37.5 Å². The number of carbonyl (C=O) groups is 1. The van der Waals surface area contributed by atoms with Crippen LogP contribution in [0.15, 0.2) is 46.9 Å². The Bertz CT molecular complexity index is 905. The lowest BCUT2D eigenvalue weighted by Gasteiger charge is -2.15. The van der Waals surface area contributed by atoms with Crippen molar-refractivity contribution in [2.45, 2.75) is 25.5 Å². The van der Waals surface area contributed by atoms with Crippen LogP contribution >= 0.6 is 15.9 Å². The SMILES string of the molecule is Cc1cc(NC(=O)c2ccc(CS(=O)(=O)N3CCCC3)cc2)ccc1Br. The lowest BCUT2D eigenvalue weighted by molar-refractivity contribution is 0.102. The Morgan fingerprint density at radius 2 is 1.77 bits per heavy atom. The number of aryl methyl sites for hydroxylation is 1. The molecular formula is C19H21BrN2O3S. The molecule has 2 aromatic carbocycles. The van der Waals surface area contributed by atoms with Gasteiger partial charge in [0, 0.05) is 28.8 Å². The molecule has 1 aliphatic heterocycles. The van der Waals surface area contributed by atoms with Gasteiger partial charge in [0.15, 0.2) is 0 Å². The molecule has 1 heterocycles. The monoisotopic (exact) mass is 436 g/mol. The number of sulfonamides is 1. The summed E-state index contributed by atoms with van der Waals surface area (Å²) >= 11 is 3.43. The third kappa shape index (κ3) is 4.52. The Hall–Kier alpha value is -1.70. The van der Waals surface area contributed by atoms with Gasteiger partial charge >= 0.3 is 0 Å². The van der Waals surface area contributed by atoms with Crippen LogP contribution in [0.1, 0.15) is 34.3 Å². The minimum atomic E-state index is -3.28. The topological polar surface area (TPSA) is 66.5 Å². The van der Waals surface area contributed by atoms with E-state index in [4.69, 9.17) is 0 Å². The van der Waals surface area contributed by atoms with E-state index in [2.05, 4.69) is 21.2 Å². The van der Waals surface area contributed by atoms with Gasteiger partial charge in [0.2, 0.25) is 10.0 Å². The van der Waals surface area contributed by atoms with Gasteiger partial charge in [-0.05, 0) is 61.2 Å². The Labute approximate surface area is 162 Å². The van der Waals surface area contributed by atoms with E-state index in [0.29, 0.717) is 24.2 Å². The lowest BCUT2D eigenvalue weighted by Crippen LogP contribution is -2.29. The number of nitrogens with one attached hydrogen (secondary N) is 1. The summed E-state index contributed by atoms with van der Waals surface area (Å²) in [5.74, 6) is -0.249. The van der Waals surface area contributed by atoms with E-state index >= 15 is 0 Å². The van der Waals surface area contributed by atoms with Gasteiger partial charge in [0.05, 0.1) is 5.75 Å². The van der Waals surface area contributed by atoms with Crippen LogP contribution in [0, 0.1) is 6.92 Å². The molecule has 0 aromatic heterocycles. The van der Waals surface area contributed by atoms with E-state index in [9.17, 15) is 13.2 Å². The second kappa shape index (κ2) is 7.90. The van der Waals surface area contributed by atoms with Gasteiger partial charge in [0.1, 0.15) is 0 Å². The third-order valence-corrected chi connectivity index (χ3v) is 7.18. The second-order valence-electron chi connectivity index (χ2n) is 6.48. The zero-order chi connectivity index (χ0) is 18.7. The number of benzene rings is 2. The highest BCUT2D eigenvalue weighted by molar-refractivity contribution is 9.10. The fourth-order valence-electron chi connectivity index (χ4n) is 2.95. The van der Waals surface area contributed by atoms with Crippen molar-refractivity contribution in [2.75, 3.05) is 18.4 Å². The maximum absolute atomic E-state index is 12.4. The first kappa shape index (κ1) is 19.1. The molecule has 0 unspecified atom stereocenters. The summed E-state index contributed by atoms with van der Waals surface area (Å²) < 4.78 is 27.3. The molecule has 7 heteroatoms. The fraction of sp³-hybridized carbons (Fsp3) is 0.316. The maximum atomic E-state index is 12.4. The van der Waals surface area contributed by atoms with Crippen molar-refractivity contribution in [2.24, 2.45) is 0 Å². The average Bonchev–Trinajstić information content (AvgIpc) is 3.14. The van der Waals surface area contributed by atoms with Gasteiger partial charge in [-0.1, -0.05) is 28.1 Å². The second-order valence-corrected chi connectivity index (χ2v) is 9.30. The summed E-state index contributed by atoms with van der Waals surface area (Å²) in [7, 11) is -3.28. The number of nitrogens with zero attached hydrogens (tertiary/aromatic N) is 1. The highest BCUT2D eigenvalue weighted by atomic mass is 79.9. The predicted molar refractivity (Wildman–Crippen MR) is 107 cm³/mol. The van der Waals surface area contributed by atoms with Gasteiger partial charge < -0.3 is 5.32 Å². The minimum Gasteiger partial charge on any atom is -0.322 e. The van der Waals surface area contributed by atoms with Crippen LogP contribution in [0.25, 0.3) is 0 Å². The molecule has 26 heavy (non-hydrogen) atoms. The number of amides is 1. The fourth-order valence-corrected chi connectivity index (χ4v) is 4.80. The number of hydrogen-bond acceptors (Lipinski definition) is 3. The molecule has 138 valence electrons. The van der Waals surface area contributed by atoms with Crippen molar-refractivity contribution in [1.29, 1.82) is 0 Å². The van der Waals surface area contributed by atoms with Crippen LogP contribution in [0.4, 0.5) is 5.69 Å². The van der Waals surface area contributed by atoms with Crippen LogP contribution in [-0.2, 0) is 15.8 Å². The standard InChI is InChI=1S/C19H21BrN2O3S/c1-14-12-17(8-9-18(14)20)21-19(23)16-6-4-15(5-7-16)13-26(24,25)22-10-2-3-11-22/h4-9,12H,2-3,10-11,13H2,1H3,(H,21,23). The summed E-state index contributed by atoms with van der Waals surface area (Å²) in [6, 6.07) is 12.3. The molecule has 0 aliphatic carbocycles. The van der Waals surface area contributed by atoms with E-state index in [-0.39, 0.29) is 11.7 Å². The summed E-state index contributed by atoms with van der Waals surface area (Å²) in [5, 5.41) is 2.85. The molecule has 3 rings (SSSR count). The van der Waals surface area contributed by atoms with E-state index in [1.165, 1.54) is 0 Å². The molecule has 1 fully saturated rings.